The van der Waals surface area contributed by atoms with Crippen LogP contribution in [0.3, 0.4) is 0 Å². The molecule has 0 bridgehead atoms. The number of rotatable bonds is 9. The van der Waals surface area contributed by atoms with Gasteiger partial charge >= 0.3 is 5.97 Å². The molecule has 0 heterocycles. The van der Waals surface area contributed by atoms with E-state index in [4.69, 9.17) is 37.3 Å². The van der Waals surface area contributed by atoms with Gasteiger partial charge < -0.3 is 25.1 Å². The Morgan fingerprint density at radius 2 is 1.90 bits per heavy atom. The first-order valence-electron chi connectivity index (χ1n) is 10.4. The van der Waals surface area contributed by atoms with Gasteiger partial charge in [-0.05, 0) is 79.9 Å². The number of nitrogens with one attached hydrogen (secondary N) is 1. The topological polar surface area (TPSA) is 115 Å². The van der Waals surface area contributed by atoms with Gasteiger partial charge in [-0.15, -0.1) is 0 Å². The fraction of sp³-hybridized carbons (Fsp3) is 0.500. The Hall–Kier alpha value is -2.81. The number of nitrogens with two attached hydrogens (primary N) is 1. The number of nitrogens with zero attached hydrogens (tertiary/aromatic N) is 1. The number of allylic oxidation sites excluding steroid dienone is 2. The van der Waals surface area contributed by atoms with Gasteiger partial charge in [0.2, 0.25) is 5.75 Å². The summed E-state index contributed by atoms with van der Waals surface area (Å²) >= 11 is 4.91. The van der Waals surface area contributed by atoms with Crippen LogP contribution in [0, 0.1) is 0 Å². The van der Waals surface area contributed by atoms with Crippen LogP contribution in [-0.4, -0.2) is 42.7 Å². The van der Waals surface area contributed by atoms with Crippen molar-refractivity contribution in [2.45, 2.75) is 51.4 Å². The normalized spacial score (nSPS) is 16.4. The molecule has 0 fully saturated rings. The molecule has 9 heteroatoms. The number of thiocarbonyl (C=S) groups is 1. The SMILES string of the molecule is COc1c(OCCCCC(=O)O)cc2c(c1OC)C1=C(CCC1)C(=NNC(N)=S)CC2. The van der Waals surface area contributed by atoms with Gasteiger partial charge in [0.15, 0.2) is 16.6 Å². The van der Waals surface area contributed by atoms with Crippen molar-refractivity contribution in [3.8, 4) is 17.2 Å². The minimum atomic E-state index is -0.799. The molecular formula is C22H29N3O5S. The summed E-state index contributed by atoms with van der Waals surface area (Å²) in [5.74, 6) is 1.03. The smallest absolute Gasteiger partial charge is 0.303 e. The van der Waals surface area contributed by atoms with Crippen LogP contribution < -0.4 is 25.4 Å². The molecule has 0 saturated carbocycles. The van der Waals surface area contributed by atoms with Gasteiger partial charge in [-0.3, -0.25) is 10.2 Å². The van der Waals surface area contributed by atoms with E-state index in [9.17, 15) is 4.79 Å². The molecule has 4 N–H and O–H groups in total. The zero-order valence-electron chi connectivity index (χ0n) is 18.0. The third-order valence-corrected chi connectivity index (χ3v) is 5.63. The second kappa shape index (κ2) is 10.5. The zero-order chi connectivity index (χ0) is 22.4. The van der Waals surface area contributed by atoms with Crippen molar-refractivity contribution in [2.75, 3.05) is 20.8 Å². The number of unbranched alkanes of at least 4 members (excludes halogenated alkanes) is 1. The van der Waals surface area contributed by atoms with Gasteiger partial charge in [-0.1, -0.05) is 0 Å². The molecule has 0 radical (unpaired) electrons. The molecule has 168 valence electrons. The molecule has 2 aliphatic rings. The maximum atomic E-state index is 10.7. The predicted molar refractivity (Wildman–Crippen MR) is 123 cm³/mol. The number of ether oxygens (including phenoxy) is 3. The molecule has 0 aromatic heterocycles. The number of methoxy groups -OCH3 is 2. The Kier molecular flexibility index (Phi) is 7.73. The number of carboxylic acid groups (broad SMARTS) is 1. The van der Waals surface area contributed by atoms with E-state index < -0.39 is 5.97 Å². The number of aryl methyl sites for hydroxylation is 1. The van der Waals surface area contributed by atoms with E-state index in [1.807, 2.05) is 6.07 Å². The lowest BCUT2D eigenvalue weighted by atomic mass is 9.95. The van der Waals surface area contributed by atoms with Crippen LogP contribution in [0.2, 0.25) is 0 Å². The van der Waals surface area contributed by atoms with E-state index in [1.54, 1.807) is 14.2 Å². The maximum Gasteiger partial charge on any atom is 0.303 e. The van der Waals surface area contributed by atoms with Crippen LogP contribution in [-0.2, 0) is 11.2 Å². The van der Waals surface area contributed by atoms with Crippen molar-refractivity contribution in [1.29, 1.82) is 0 Å². The third-order valence-electron chi connectivity index (χ3n) is 5.53. The Labute approximate surface area is 187 Å². The van der Waals surface area contributed by atoms with Crippen LogP contribution in [0.4, 0.5) is 0 Å². The predicted octanol–water partition coefficient (Wildman–Crippen LogP) is 3.41. The number of hydrogen-bond acceptors (Lipinski definition) is 6. The summed E-state index contributed by atoms with van der Waals surface area (Å²) in [5, 5.41) is 13.4. The largest absolute Gasteiger partial charge is 0.492 e. The van der Waals surface area contributed by atoms with E-state index in [1.165, 1.54) is 11.1 Å². The molecule has 31 heavy (non-hydrogen) atoms. The number of fused-ring (bicyclic) bond motifs is 2. The Bertz CT molecular complexity index is 926. The Morgan fingerprint density at radius 1 is 1.16 bits per heavy atom. The van der Waals surface area contributed by atoms with Crippen molar-refractivity contribution in [3.05, 3.63) is 22.8 Å². The summed E-state index contributed by atoms with van der Waals surface area (Å²) in [4.78, 5) is 10.7. The average Bonchev–Trinajstić information content (AvgIpc) is 3.16. The van der Waals surface area contributed by atoms with Crippen LogP contribution in [0.25, 0.3) is 5.57 Å². The molecule has 0 atom stereocenters. The van der Waals surface area contributed by atoms with Gasteiger partial charge in [0, 0.05) is 12.0 Å². The van der Waals surface area contributed by atoms with E-state index in [-0.39, 0.29) is 11.5 Å². The molecule has 0 unspecified atom stereocenters. The molecule has 1 aromatic rings. The van der Waals surface area contributed by atoms with Gasteiger partial charge in [-0.2, -0.15) is 5.10 Å². The average molecular weight is 448 g/mol. The van der Waals surface area contributed by atoms with E-state index >= 15 is 0 Å². The molecule has 1 aromatic carbocycles. The lowest BCUT2D eigenvalue weighted by molar-refractivity contribution is -0.137. The van der Waals surface area contributed by atoms with Crippen molar-refractivity contribution >= 4 is 34.6 Å². The minimum absolute atomic E-state index is 0.132. The summed E-state index contributed by atoms with van der Waals surface area (Å²) in [7, 11) is 3.24. The molecule has 8 nitrogen and oxygen atoms in total. The number of benzene rings is 1. The second-order valence-electron chi connectivity index (χ2n) is 7.52. The number of aliphatic carboxylic acids is 1. The highest BCUT2D eigenvalue weighted by Crippen LogP contribution is 2.50. The lowest BCUT2D eigenvalue weighted by Crippen LogP contribution is -2.25. The summed E-state index contributed by atoms with van der Waals surface area (Å²) in [5.41, 5.74) is 13.9. The molecule has 0 saturated heterocycles. The fourth-order valence-corrected chi connectivity index (χ4v) is 4.28. The number of carboxylic acids is 1. The standard InChI is InChI=1S/C22H29N3O5S/c1-28-20-17(30-11-4-3-8-18(26)27)12-13-9-10-16(24-25-22(23)31)14-6-5-7-15(14)19(13)21(20)29-2/h12H,3-11H2,1-2H3,(H,26,27)(H3,23,25,31). The Morgan fingerprint density at radius 3 is 2.58 bits per heavy atom. The highest BCUT2D eigenvalue weighted by molar-refractivity contribution is 7.80. The van der Waals surface area contributed by atoms with Crippen LogP contribution in [0.15, 0.2) is 16.7 Å². The number of hydrogen-bond donors (Lipinski definition) is 3. The zero-order valence-corrected chi connectivity index (χ0v) is 18.8. The summed E-state index contributed by atoms with van der Waals surface area (Å²) < 4.78 is 17.5. The van der Waals surface area contributed by atoms with Gasteiger partial charge in [0.25, 0.3) is 0 Å². The van der Waals surface area contributed by atoms with E-state index in [0.29, 0.717) is 36.7 Å². The third kappa shape index (κ3) is 5.28. The molecule has 3 rings (SSSR count). The summed E-state index contributed by atoms with van der Waals surface area (Å²) in [6.45, 7) is 0.407. The van der Waals surface area contributed by atoms with Gasteiger partial charge in [0.1, 0.15) is 0 Å². The van der Waals surface area contributed by atoms with Crippen molar-refractivity contribution in [3.63, 3.8) is 0 Å². The van der Waals surface area contributed by atoms with E-state index in [0.717, 1.165) is 48.9 Å². The first kappa shape index (κ1) is 22.9. The van der Waals surface area contributed by atoms with Crippen LogP contribution in [0.1, 0.15) is 56.1 Å². The fourth-order valence-electron chi connectivity index (χ4n) is 4.24. The Balaban J connectivity index is 1.95. The van der Waals surface area contributed by atoms with Crippen LogP contribution in [0.5, 0.6) is 17.2 Å². The van der Waals surface area contributed by atoms with Gasteiger partial charge in [-0.25, -0.2) is 0 Å². The number of hydrazone groups is 1. The van der Waals surface area contributed by atoms with Gasteiger partial charge in [0.05, 0.1) is 26.5 Å². The molecule has 2 aliphatic carbocycles. The number of carbonyl (C=O) groups is 1. The maximum absolute atomic E-state index is 10.7. The minimum Gasteiger partial charge on any atom is -0.492 e. The quantitative estimate of drug-likeness (QED) is 0.300. The van der Waals surface area contributed by atoms with Crippen LogP contribution >= 0.6 is 12.2 Å². The monoisotopic (exact) mass is 447 g/mol. The first-order chi connectivity index (χ1) is 15.0. The first-order valence-corrected chi connectivity index (χ1v) is 10.8. The highest BCUT2D eigenvalue weighted by atomic mass is 32.1. The summed E-state index contributed by atoms with van der Waals surface area (Å²) in [6, 6.07) is 2.01. The van der Waals surface area contributed by atoms with E-state index in [2.05, 4.69) is 10.5 Å². The molecular weight excluding hydrogens is 418 g/mol. The lowest BCUT2D eigenvalue weighted by Gasteiger charge is -2.20. The molecule has 0 amide bonds. The molecule has 0 aliphatic heterocycles. The highest BCUT2D eigenvalue weighted by Gasteiger charge is 2.31. The summed E-state index contributed by atoms with van der Waals surface area (Å²) in [6.07, 6.45) is 5.77. The van der Waals surface area contributed by atoms with Crippen molar-refractivity contribution in [1.82, 2.24) is 5.43 Å². The molecule has 0 spiro atoms. The second-order valence-corrected chi connectivity index (χ2v) is 7.96. The van der Waals surface area contributed by atoms with Crippen molar-refractivity contribution in [2.24, 2.45) is 10.8 Å². The van der Waals surface area contributed by atoms with Crippen molar-refractivity contribution < 1.29 is 24.1 Å².